The number of aryl methyl sites for hydroxylation is 1. The molecule has 0 aromatic carbocycles. The molecule has 1 aliphatic heterocycles. The number of carbonyl (C=O) groups is 1. The van der Waals surface area contributed by atoms with Gasteiger partial charge in [0.15, 0.2) is 11.6 Å². The Balaban J connectivity index is 1.67. The van der Waals surface area contributed by atoms with E-state index in [1.54, 1.807) is 30.2 Å². The van der Waals surface area contributed by atoms with Gasteiger partial charge in [-0.05, 0) is 40.9 Å². The monoisotopic (exact) mass is 381 g/mol. The maximum atomic E-state index is 14.1. The molecular formula is C15H17BrFN5O. The number of amides is 1. The lowest BCUT2D eigenvalue weighted by Crippen LogP contribution is -2.48. The average molecular weight is 382 g/mol. The van der Waals surface area contributed by atoms with Crippen molar-refractivity contribution in [2.75, 3.05) is 18.0 Å². The maximum Gasteiger partial charge on any atom is 0.272 e. The highest BCUT2D eigenvalue weighted by molar-refractivity contribution is 9.10. The van der Waals surface area contributed by atoms with Gasteiger partial charge in [0, 0.05) is 43.0 Å². The highest BCUT2D eigenvalue weighted by Gasteiger charge is 2.25. The topological polar surface area (TPSA) is 63.1 Å². The molecule has 0 spiro atoms. The molecule has 2 aromatic heterocycles. The molecule has 3 heterocycles. The van der Waals surface area contributed by atoms with Crippen LogP contribution in [-0.4, -0.2) is 39.8 Å². The molecule has 23 heavy (non-hydrogen) atoms. The summed E-state index contributed by atoms with van der Waals surface area (Å²) in [6.07, 6.45) is 5.02. The molecular weight excluding hydrogens is 365 g/mol. The number of aromatic nitrogens is 3. The van der Waals surface area contributed by atoms with E-state index >= 15 is 0 Å². The molecule has 1 N–H and O–H groups in total. The minimum absolute atomic E-state index is 0.0527. The highest BCUT2D eigenvalue weighted by atomic mass is 79.9. The van der Waals surface area contributed by atoms with E-state index in [0.29, 0.717) is 22.5 Å². The van der Waals surface area contributed by atoms with E-state index in [1.165, 1.54) is 6.07 Å². The van der Waals surface area contributed by atoms with Crippen molar-refractivity contribution < 1.29 is 9.18 Å². The molecule has 0 aliphatic carbocycles. The van der Waals surface area contributed by atoms with Crippen molar-refractivity contribution in [3.05, 3.63) is 40.5 Å². The van der Waals surface area contributed by atoms with E-state index in [0.717, 1.165) is 19.4 Å². The van der Waals surface area contributed by atoms with Crippen LogP contribution in [0.4, 0.5) is 10.2 Å². The van der Waals surface area contributed by atoms with Crippen LogP contribution in [0.2, 0.25) is 0 Å². The second-order valence-electron chi connectivity index (χ2n) is 5.59. The number of rotatable bonds is 3. The first kappa shape index (κ1) is 15.9. The minimum Gasteiger partial charge on any atom is -0.352 e. The highest BCUT2D eigenvalue weighted by Crippen LogP contribution is 2.23. The summed E-state index contributed by atoms with van der Waals surface area (Å²) in [6, 6.07) is 3.02. The van der Waals surface area contributed by atoms with Gasteiger partial charge in [0.25, 0.3) is 5.91 Å². The number of carbonyl (C=O) groups excluding carboxylic acids is 1. The second kappa shape index (κ2) is 6.66. The fourth-order valence-electron chi connectivity index (χ4n) is 2.72. The molecule has 8 heteroatoms. The second-order valence-corrected chi connectivity index (χ2v) is 6.51. The van der Waals surface area contributed by atoms with Crippen molar-refractivity contribution in [2.45, 2.75) is 18.9 Å². The smallest absolute Gasteiger partial charge is 0.272 e. The van der Waals surface area contributed by atoms with Gasteiger partial charge >= 0.3 is 0 Å². The summed E-state index contributed by atoms with van der Waals surface area (Å²) >= 11 is 3.21. The quantitative estimate of drug-likeness (QED) is 0.884. The van der Waals surface area contributed by atoms with Crippen LogP contribution in [-0.2, 0) is 7.05 Å². The fourth-order valence-corrected chi connectivity index (χ4v) is 3.03. The molecule has 1 fully saturated rings. The van der Waals surface area contributed by atoms with Gasteiger partial charge in [0.2, 0.25) is 0 Å². The van der Waals surface area contributed by atoms with Crippen molar-refractivity contribution >= 4 is 27.7 Å². The van der Waals surface area contributed by atoms with Gasteiger partial charge < -0.3 is 10.2 Å². The Bertz CT molecular complexity index is 720. The van der Waals surface area contributed by atoms with Crippen LogP contribution >= 0.6 is 15.9 Å². The van der Waals surface area contributed by atoms with Crippen molar-refractivity contribution in [2.24, 2.45) is 7.05 Å². The molecule has 1 aliphatic rings. The number of hydrogen-bond donors (Lipinski definition) is 1. The Morgan fingerprint density at radius 2 is 2.35 bits per heavy atom. The Kier molecular flexibility index (Phi) is 4.61. The summed E-state index contributed by atoms with van der Waals surface area (Å²) in [6.45, 7) is 1.26. The van der Waals surface area contributed by atoms with E-state index in [1.807, 2.05) is 4.90 Å². The molecule has 1 atom stereocenters. The van der Waals surface area contributed by atoms with Crippen LogP contribution in [0, 0.1) is 5.82 Å². The number of nitrogens with one attached hydrogen (secondary N) is 1. The average Bonchev–Trinajstić information content (AvgIpc) is 2.94. The van der Waals surface area contributed by atoms with E-state index in [9.17, 15) is 9.18 Å². The molecule has 0 saturated carbocycles. The zero-order valence-corrected chi connectivity index (χ0v) is 14.3. The molecule has 0 bridgehead atoms. The Labute approximate surface area is 141 Å². The number of anilines is 1. The first-order chi connectivity index (χ1) is 11.0. The lowest BCUT2D eigenvalue weighted by atomic mass is 10.1. The molecule has 0 radical (unpaired) electrons. The normalized spacial score (nSPS) is 18.0. The van der Waals surface area contributed by atoms with E-state index < -0.39 is 0 Å². The lowest BCUT2D eigenvalue weighted by Gasteiger charge is -2.34. The van der Waals surface area contributed by atoms with Gasteiger partial charge in [-0.3, -0.25) is 9.48 Å². The number of hydrogen-bond acceptors (Lipinski definition) is 4. The molecule has 122 valence electrons. The summed E-state index contributed by atoms with van der Waals surface area (Å²) in [5.74, 6) is -0.247. The van der Waals surface area contributed by atoms with Crippen LogP contribution < -0.4 is 10.2 Å². The van der Waals surface area contributed by atoms with Gasteiger partial charge in [-0.25, -0.2) is 9.37 Å². The third-order valence-corrected chi connectivity index (χ3v) is 4.22. The third kappa shape index (κ3) is 3.69. The van der Waals surface area contributed by atoms with Crippen molar-refractivity contribution in [3.8, 4) is 0 Å². The van der Waals surface area contributed by atoms with E-state index in [-0.39, 0.29) is 17.8 Å². The Morgan fingerprint density at radius 1 is 1.52 bits per heavy atom. The summed E-state index contributed by atoms with van der Waals surface area (Å²) in [5.41, 5.74) is 0.387. The maximum absolute atomic E-state index is 14.1. The van der Waals surface area contributed by atoms with Gasteiger partial charge in [0.1, 0.15) is 5.69 Å². The van der Waals surface area contributed by atoms with Crippen molar-refractivity contribution in [1.29, 1.82) is 0 Å². The molecule has 2 aromatic rings. The van der Waals surface area contributed by atoms with E-state index in [2.05, 4.69) is 31.3 Å². The van der Waals surface area contributed by atoms with Crippen LogP contribution in [0.5, 0.6) is 0 Å². The first-order valence-corrected chi connectivity index (χ1v) is 8.19. The van der Waals surface area contributed by atoms with Gasteiger partial charge in [-0.2, -0.15) is 5.10 Å². The fraction of sp³-hybridized carbons (Fsp3) is 0.400. The van der Waals surface area contributed by atoms with Gasteiger partial charge in [0.05, 0.1) is 0 Å². The third-order valence-electron chi connectivity index (χ3n) is 3.79. The Morgan fingerprint density at radius 3 is 3.04 bits per heavy atom. The Hall–Kier alpha value is -1.96. The predicted molar refractivity (Wildman–Crippen MR) is 87.8 cm³/mol. The number of nitrogens with zero attached hydrogens (tertiary/aromatic N) is 4. The van der Waals surface area contributed by atoms with Crippen LogP contribution in [0.25, 0.3) is 0 Å². The van der Waals surface area contributed by atoms with Gasteiger partial charge in [-0.15, -0.1) is 0 Å². The predicted octanol–water partition coefficient (Wildman–Crippen LogP) is 2.12. The number of pyridine rings is 1. The summed E-state index contributed by atoms with van der Waals surface area (Å²) in [5, 5.41) is 7.05. The van der Waals surface area contributed by atoms with Gasteiger partial charge in [-0.1, -0.05) is 0 Å². The molecule has 1 amide bonds. The van der Waals surface area contributed by atoms with Crippen LogP contribution in [0.3, 0.4) is 0 Å². The molecule has 1 saturated heterocycles. The number of halogens is 2. The summed E-state index contributed by atoms with van der Waals surface area (Å²) in [7, 11) is 1.76. The lowest BCUT2D eigenvalue weighted by molar-refractivity contribution is 0.0927. The zero-order valence-electron chi connectivity index (χ0n) is 12.7. The summed E-state index contributed by atoms with van der Waals surface area (Å²) < 4.78 is 16.3. The standard InChI is InChI=1S/C15H17BrFN5O/c1-21-6-4-13(20-21)15(23)19-11-3-2-5-22(9-11)14-12(17)7-10(16)8-18-14/h4,6-8,11H,2-3,5,9H2,1H3,(H,19,23). The van der Waals surface area contributed by atoms with E-state index in [4.69, 9.17) is 0 Å². The van der Waals surface area contributed by atoms with Crippen molar-refractivity contribution in [1.82, 2.24) is 20.1 Å². The SMILES string of the molecule is Cn1ccc(C(=O)NC2CCCN(c3ncc(Br)cc3F)C2)n1. The first-order valence-electron chi connectivity index (χ1n) is 7.39. The van der Waals surface area contributed by atoms with Crippen molar-refractivity contribution in [3.63, 3.8) is 0 Å². The molecule has 1 unspecified atom stereocenters. The largest absolute Gasteiger partial charge is 0.352 e. The molecule has 3 rings (SSSR count). The zero-order chi connectivity index (χ0) is 16.4. The van der Waals surface area contributed by atoms with Crippen LogP contribution in [0.15, 0.2) is 29.0 Å². The molecule has 6 nitrogen and oxygen atoms in total. The number of piperidine rings is 1. The summed E-state index contributed by atoms with van der Waals surface area (Å²) in [4.78, 5) is 18.2. The van der Waals surface area contributed by atoms with Crippen LogP contribution in [0.1, 0.15) is 23.3 Å². The minimum atomic E-state index is -0.365.